The second kappa shape index (κ2) is 4.55. The third-order valence-corrected chi connectivity index (χ3v) is 0.519. The lowest BCUT2D eigenvalue weighted by molar-refractivity contribution is -0.141. The van der Waals surface area contributed by atoms with Gasteiger partial charge in [0.15, 0.2) is 0 Å². The Balaban J connectivity index is 2.82. The first-order valence-corrected chi connectivity index (χ1v) is 2.27. The van der Waals surface area contributed by atoms with Gasteiger partial charge in [0.1, 0.15) is 6.61 Å². The number of rotatable bonds is 3. The van der Waals surface area contributed by atoms with Crippen LogP contribution in [0.5, 0.6) is 0 Å². The predicted molar refractivity (Wildman–Crippen MR) is 26.4 cm³/mol. The Bertz CT molecular complexity index is 73.7. The van der Waals surface area contributed by atoms with Crippen LogP contribution in [0, 0.1) is 0 Å². The van der Waals surface area contributed by atoms with Gasteiger partial charge >= 0.3 is 5.97 Å². The molecular formula is C4H9NO3. The van der Waals surface area contributed by atoms with E-state index < -0.39 is 0 Å². The van der Waals surface area contributed by atoms with Crippen LogP contribution >= 0.6 is 0 Å². The van der Waals surface area contributed by atoms with Gasteiger partial charge in [-0.1, -0.05) is 0 Å². The van der Waals surface area contributed by atoms with E-state index in [1.165, 1.54) is 6.92 Å². The van der Waals surface area contributed by atoms with Crippen LogP contribution in [-0.4, -0.2) is 24.3 Å². The maximum absolute atomic E-state index is 9.99. The zero-order chi connectivity index (χ0) is 6.41. The zero-order valence-corrected chi connectivity index (χ0v) is 4.68. The van der Waals surface area contributed by atoms with Gasteiger partial charge in [0.05, 0.1) is 6.54 Å². The number of hydrogen-bond donors (Lipinski definition) is 2. The van der Waals surface area contributed by atoms with Gasteiger partial charge in [-0.2, -0.15) is 0 Å². The van der Waals surface area contributed by atoms with Crippen molar-refractivity contribution in [2.24, 2.45) is 0 Å². The van der Waals surface area contributed by atoms with Crippen molar-refractivity contribution in [3.63, 3.8) is 0 Å². The molecule has 4 nitrogen and oxygen atoms in total. The molecule has 0 rings (SSSR count). The third-order valence-electron chi connectivity index (χ3n) is 0.519. The van der Waals surface area contributed by atoms with E-state index in [0.29, 0.717) is 0 Å². The minimum Gasteiger partial charge on any atom is -0.464 e. The highest BCUT2D eigenvalue weighted by atomic mass is 16.5. The maximum atomic E-state index is 9.99. The Hall–Kier alpha value is -0.610. The standard InChI is InChI=1S/C4H9NO3/c1-4(6)8-3-2-5-7/h5,7H,2-3H2,1H3. The molecule has 48 valence electrons. The summed E-state index contributed by atoms with van der Waals surface area (Å²) in [6.45, 7) is 1.81. The van der Waals surface area contributed by atoms with Crippen molar-refractivity contribution in [1.29, 1.82) is 0 Å². The van der Waals surface area contributed by atoms with Crippen LogP contribution in [0.15, 0.2) is 0 Å². The average Bonchev–Trinajstić information content (AvgIpc) is 1.66. The SMILES string of the molecule is CC(=O)OCCNO. The van der Waals surface area contributed by atoms with E-state index in [0.717, 1.165) is 0 Å². The molecule has 8 heavy (non-hydrogen) atoms. The molecule has 0 amide bonds. The number of carbonyl (C=O) groups excluding carboxylic acids is 1. The fourth-order valence-electron chi connectivity index (χ4n) is 0.240. The van der Waals surface area contributed by atoms with E-state index in [1.54, 1.807) is 0 Å². The Morgan fingerprint density at radius 3 is 2.88 bits per heavy atom. The van der Waals surface area contributed by atoms with E-state index in [9.17, 15) is 4.79 Å². The molecule has 0 aromatic carbocycles. The van der Waals surface area contributed by atoms with Crippen molar-refractivity contribution in [1.82, 2.24) is 5.48 Å². The van der Waals surface area contributed by atoms with E-state index >= 15 is 0 Å². The summed E-state index contributed by atoms with van der Waals surface area (Å²) < 4.78 is 4.42. The van der Waals surface area contributed by atoms with Crippen molar-refractivity contribution >= 4 is 5.97 Å². The monoisotopic (exact) mass is 119 g/mol. The van der Waals surface area contributed by atoms with Crippen LogP contribution in [0.3, 0.4) is 0 Å². The summed E-state index contributed by atoms with van der Waals surface area (Å²) >= 11 is 0. The molecule has 0 bridgehead atoms. The van der Waals surface area contributed by atoms with Gasteiger partial charge in [-0.15, -0.1) is 0 Å². The number of nitrogens with one attached hydrogen (secondary N) is 1. The molecular weight excluding hydrogens is 110 g/mol. The molecule has 0 aliphatic heterocycles. The molecule has 2 N–H and O–H groups in total. The molecule has 0 aromatic heterocycles. The van der Waals surface area contributed by atoms with Crippen LogP contribution in [-0.2, 0) is 9.53 Å². The second-order valence-electron chi connectivity index (χ2n) is 1.25. The fraction of sp³-hybridized carbons (Fsp3) is 0.750. The van der Waals surface area contributed by atoms with E-state index in [-0.39, 0.29) is 19.1 Å². The van der Waals surface area contributed by atoms with Gasteiger partial charge in [0.25, 0.3) is 0 Å². The molecule has 0 atom stereocenters. The van der Waals surface area contributed by atoms with Crippen molar-refractivity contribution in [3.05, 3.63) is 0 Å². The Morgan fingerprint density at radius 2 is 2.50 bits per heavy atom. The van der Waals surface area contributed by atoms with Crippen molar-refractivity contribution in [2.75, 3.05) is 13.2 Å². The van der Waals surface area contributed by atoms with Crippen LogP contribution in [0.1, 0.15) is 6.92 Å². The molecule has 0 spiro atoms. The van der Waals surface area contributed by atoms with E-state index in [2.05, 4.69) is 4.74 Å². The lowest BCUT2D eigenvalue weighted by atomic mass is 10.7. The van der Waals surface area contributed by atoms with Crippen LogP contribution in [0.4, 0.5) is 0 Å². The van der Waals surface area contributed by atoms with Crippen molar-refractivity contribution in [3.8, 4) is 0 Å². The van der Waals surface area contributed by atoms with E-state index in [4.69, 9.17) is 5.21 Å². The van der Waals surface area contributed by atoms with Crippen LogP contribution in [0.25, 0.3) is 0 Å². The number of esters is 1. The minimum atomic E-state index is -0.333. The van der Waals surface area contributed by atoms with Gasteiger partial charge in [-0.05, 0) is 0 Å². The molecule has 0 aliphatic carbocycles. The summed E-state index contributed by atoms with van der Waals surface area (Å²) in [5, 5.41) is 7.94. The van der Waals surface area contributed by atoms with Gasteiger partial charge in [-0.25, -0.2) is 5.48 Å². The average molecular weight is 119 g/mol. The van der Waals surface area contributed by atoms with Crippen molar-refractivity contribution in [2.45, 2.75) is 6.92 Å². The van der Waals surface area contributed by atoms with Gasteiger partial charge < -0.3 is 9.94 Å². The van der Waals surface area contributed by atoms with E-state index in [1.807, 2.05) is 5.48 Å². The Labute approximate surface area is 47.4 Å². The normalized spacial score (nSPS) is 8.75. The first kappa shape index (κ1) is 7.39. The molecule has 0 heterocycles. The number of hydrogen-bond acceptors (Lipinski definition) is 4. The highest BCUT2D eigenvalue weighted by Gasteiger charge is 1.88. The maximum Gasteiger partial charge on any atom is 0.302 e. The summed E-state index contributed by atoms with van der Waals surface area (Å²) in [7, 11) is 0. The van der Waals surface area contributed by atoms with Gasteiger partial charge in [0, 0.05) is 6.92 Å². The molecule has 0 saturated heterocycles. The summed E-state index contributed by atoms with van der Waals surface area (Å²) in [6, 6.07) is 0. The number of hydroxylamine groups is 1. The molecule has 4 heteroatoms. The topological polar surface area (TPSA) is 58.6 Å². The largest absolute Gasteiger partial charge is 0.464 e. The highest BCUT2D eigenvalue weighted by molar-refractivity contribution is 5.65. The molecule has 0 unspecified atom stereocenters. The quantitative estimate of drug-likeness (QED) is 0.299. The molecule has 0 fully saturated rings. The molecule has 0 radical (unpaired) electrons. The fourth-order valence-corrected chi connectivity index (χ4v) is 0.240. The molecule has 0 aliphatic rings. The smallest absolute Gasteiger partial charge is 0.302 e. The summed E-state index contributed by atoms with van der Waals surface area (Å²) in [5.74, 6) is -0.333. The number of carbonyl (C=O) groups is 1. The summed E-state index contributed by atoms with van der Waals surface area (Å²) in [6.07, 6.45) is 0. The highest BCUT2D eigenvalue weighted by Crippen LogP contribution is 1.71. The summed E-state index contributed by atoms with van der Waals surface area (Å²) in [4.78, 5) is 9.99. The predicted octanol–water partition coefficient (Wildman–Crippen LogP) is -0.472. The third kappa shape index (κ3) is 5.39. The Kier molecular flexibility index (Phi) is 4.20. The number of ether oxygens (including phenoxy) is 1. The van der Waals surface area contributed by atoms with Gasteiger partial charge in [0.2, 0.25) is 0 Å². The van der Waals surface area contributed by atoms with Gasteiger partial charge in [-0.3, -0.25) is 4.79 Å². The molecule has 0 saturated carbocycles. The minimum absolute atomic E-state index is 0.214. The second-order valence-corrected chi connectivity index (χ2v) is 1.25. The van der Waals surface area contributed by atoms with Crippen LogP contribution in [0.2, 0.25) is 0 Å². The first-order chi connectivity index (χ1) is 3.77. The first-order valence-electron chi connectivity index (χ1n) is 2.27. The lowest BCUT2D eigenvalue weighted by Gasteiger charge is -1.97. The summed E-state index contributed by atoms with van der Waals surface area (Å²) in [5.41, 5.74) is 1.85. The molecule has 0 aromatic rings. The van der Waals surface area contributed by atoms with Crippen LogP contribution < -0.4 is 5.48 Å². The Morgan fingerprint density at radius 1 is 1.88 bits per heavy atom. The zero-order valence-electron chi connectivity index (χ0n) is 4.68. The lowest BCUT2D eigenvalue weighted by Crippen LogP contribution is -2.16. The van der Waals surface area contributed by atoms with Crippen molar-refractivity contribution < 1.29 is 14.7 Å².